The van der Waals surface area contributed by atoms with Crippen LogP contribution in [0.2, 0.25) is 0 Å². The highest BCUT2D eigenvalue weighted by Gasteiger charge is 2.16. The van der Waals surface area contributed by atoms with E-state index in [9.17, 15) is 5.26 Å². The van der Waals surface area contributed by atoms with Crippen molar-refractivity contribution in [1.82, 2.24) is 9.97 Å². The number of nitrogens with one attached hydrogen (secondary N) is 1. The Balaban J connectivity index is 1.45. The Morgan fingerprint density at radius 2 is 2.10 bits per heavy atom. The van der Waals surface area contributed by atoms with Crippen LogP contribution in [0.3, 0.4) is 0 Å². The van der Waals surface area contributed by atoms with Crippen LogP contribution in [0.15, 0.2) is 61.1 Å². The van der Waals surface area contributed by atoms with Crippen LogP contribution in [0.25, 0.3) is 33.3 Å². The van der Waals surface area contributed by atoms with E-state index in [1.165, 1.54) is 0 Å². The van der Waals surface area contributed by atoms with Gasteiger partial charge in [-0.15, -0.1) is 0 Å². The number of aromatic nitrogens is 2. The van der Waals surface area contributed by atoms with Crippen LogP contribution in [0, 0.1) is 11.3 Å². The van der Waals surface area contributed by atoms with Crippen molar-refractivity contribution >= 4 is 33.3 Å². The van der Waals surface area contributed by atoms with Crippen molar-refractivity contribution in [2.75, 3.05) is 19.8 Å². The summed E-state index contributed by atoms with van der Waals surface area (Å²) in [6.45, 7) is 1.78. The number of ether oxygens (including phenoxy) is 3. The molecular weight excluding hydrogens is 390 g/mol. The second kappa shape index (κ2) is 8.60. The number of rotatable bonds is 6. The molecule has 1 aliphatic heterocycles. The molecule has 31 heavy (non-hydrogen) atoms. The molecule has 6 heteroatoms. The Morgan fingerprint density at radius 1 is 1.19 bits per heavy atom. The van der Waals surface area contributed by atoms with Crippen LogP contribution in [0.1, 0.15) is 17.5 Å². The molecule has 6 nitrogen and oxygen atoms in total. The standard InChI is InChI=1S/C25H21N3O3/c26-14-19(12-17-2-1-3-18-15-27-8-6-21(17)18)23-16-28-24-5-4-20(13-22(23)24)29-9-7-25-30-10-11-31-25/h1-6,8,12-13,15-16,25,28H,7,9-11H2. The van der Waals surface area contributed by atoms with Gasteiger partial charge in [-0.25, -0.2) is 0 Å². The number of H-pyrrole nitrogens is 1. The second-order valence-electron chi connectivity index (χ2n) is 7.33. The third-order valence-electron chi connectivity index (χ3n) is 5.39. The van der Waals surface area contributed by atoms with Gasteiger partial charge in [-0.1, -0.05) is 18.2 Å². The summed E-state index contributed by atoms with van der Waals surface area (Å²) in [7, 11) is 0. The maximum absolute atomic E-state index is 9.92. The summed E-state index contributed by atoms with van der Waals surface area (Å²) in [5.41, 5.74) is 3.36. The number of nitrogens with zero attached hydrogens (tertiary/aromatic N) is 2. The molecule has 1 saturated heterocycles. The molecule has 0 bridgehead atoms. The highest BCUT2D eigenvalue weighted by Crippen LogP contribution is 2.31. The van der Waals surface area contributed by atoms with Gasteiger partial charge in [0.2, 0.25) is 0 Å². The quantitative estimate of drug-likeness (QED) is 0.456. The summed E-state index contributed by atoms with van der Waals surface area (Å²) < 4.78 is 16.8. The molecule has 4 aromatic rings. The fourth-order valence-electron chi connectivity index (χ4n) is 3.86. The summed E-state index contributed by atoms with van der Waals surface area (Å²) in [6, 6.07) is 16.2. The first-order valence-corrected chi connectivity index (χ1v) is 10.2. The topological polar surface area (TPSA) is 80.2 Å². The number of hydrogen-bond acceptors (Lipinski definition) is 5. The van der Waals surface area contributed by atoms with Crippen molar-refractivity contribution in [1.29, 1.82) is 5.26 Å². The zero-order valence-corrected chi connectivity index (χ0v) is 16.9. The van der Waals surface area contributed by atoms with Crippen LogP contribution in [-0.4, -0.2) is 36.1 Å². The Bertz CT molecular complexity index is 1290. The van der Waals surface area contributed by atoms with Crippen LogP contribution in [0.4, 0.5) is 0 Å². The zero-order valence-electron chi connectivity index (χ0n) is 16.9. The number of nitriles is 1. The molecule has 2 aromatic carbocycles. The first kappa shape index (κ1) is 19.3. The van der Waals surface area contributed by atoms with Gasteiger partial charge in [0.05, 0.1) is 31.5 Å². The molecule has 0 amide bonds. The largest absolute Gasteiger partial charge is 0.493 e. The van der Waals surface area contributed by atoms with Crippen LogP contribution >= 0.6 is 0 Å². The molecule has 154 valence electrons. The maximum atomic E-state index is 9.92. The van der Waals surface area contributed by atoms with E-state index in [1.54, 1.807) is 6.20 Å². The molecule has 0 saturated carbocycles. The Morgan fingerprint density at radius 3 is 2.97 bits per heavy atom. The number of allylic oxidation sites excluding steroid dienone is 1. The van der Waals surface area contributed by atoms with Crippen molar-refractivity contribution in [2.45, 2.75) is 12.7 Å². The molecule has 1 aliphatic rings. The van der Waals surface area contributed by atoms with Crippen LogP contribution in [0.5, 0.6) is 5.75 Å². The SMILES string of the molecule is N#CC(=Cc1cccc2cnccc12)c1c[nH]c2ccc(OCCC3OCCO3)cc12. The van der Waals surface area contributed by atoms with E-state index in [0.717, 1.165) is 38.6 Å². The average Bonchev–Trinajstić information content (AvgIpc) is 3.47. The van der Waals surface area contributed by atoms with Crippen molar-refractivity contribution < 1.29 is 14.2 Å². The van der Waals surface area contributed by atoms with Crippen molar-refractivity contribution in [3.63, 3.8) is 0 Å². The fraction of sp³-hybridized carbons (Fsp3) is 0.200. The highest BCUT2D eigenvalue weighted by molar-refractivity contribution is 6.04. The number of benzene rings is 2. The number of pyridine rings is 1. The molecule has 0 aliphatic carbocycles. The number of hydrogen-bond donors (Lipinski definition) is 1. The van der Waals surface area contributed by atoms with E-state index in [1.807, 2.05) is 60.9 Å². The van der Waals surface area contributed by atoms with Gasteiger partial charge >= 0.3 is 0 Å². The monoisotopic (exact) mass is 411 g/mol. The van der Waals surface area contributed by atoms with Crippen molar-refractivity contribution in [3.8, 4) is 11.8 Å². The molecule has 0 atom stereocenters. The molecule has 0 radical (unpaired) electrons. The van der Waals surface area contributed by atoms with Gasteiger partial charge in [-0.2, -0.15) is 5.26 Å². The molecule has 1 fully saturated rings. The van der Waals surface area contributed by atoms with Gasteiger partial charge in [0.15, 0.2) is 6.29 Å². The molecule has 5 rings (SSSR count). The third kappa shape index (κ3) is 4.02. The maximum Gasteiger partial charge on any atom is 0.161 e. The van der Waals surface area contributed by atoms with Gasteiger partial charge in [0, 0.05) is 46.9 Å². The lowest BCUT2D eigenvalue weighted by atomic mass is 10.00. The molecule has 2 aromatic heterocycles. The molecule has 3 heterocycles. The fourth-order valence-corrected chi connectivity index (χ4v) is 3.86. The van der Waals surface area contributed by atoms with E-state index < -0.39 is 0 Å². The van der Waals surface area contributed by atoms with Gasteiger partial charge in [0.25, 0.3) is 0 Å². The van der Waals surface area contributed by atoms with Crippen LogP contribution < -0.4 is 4.74 Å². The molecule has 1 N–H and O–H groups in total. The minimum atomic E-state index is -0.185. The van der Waals surface area contributed by atoms with Crippen molar-refractivity contribution in [3.05, 3.63) is 72.2 Å². The minimum absolute atomic E-state index is 0.185. The summed E-state index contributed by atoms with van der Waals surface area (Å²) in [5.74, 6) is 0.750. The molecule has 0 spiro atoms. The van der Waals surface area contributed by atoms with Gasteiger partial charge in [-0.05, 0) is 41.3 Å². The Hall–Kier alpha value is -3.66. The minimum Gasteiger partial charge on any atom is -0.493 e. The number of aromatic amines is 1. The van der Waals surface area contributed by atoms with Crippen LogP contribution in [-0.2, 0) is 9.47 Å². The van der Waals surface area contributed by atoms with E-state index in [4.69, 9.17) is 14.2 Å². The number of fused-ring (bicyclic) bond motifs is 2. The lowest BCUT2D eigenvalue weighted by Gasteiger charge is -2.10. The smallest absolute Gasteiger partial charge is 0.161 e. The Kier molecular flexibility index (Phi) is 5.36. The lowest BCUT2D eigenvalue weighted by molar-refractivity contribution is -0.0531. The predicted octanol–water partition coefficient (Wildman–Crippen LogP) is 4.92. The van der Waals surface area contributed by atoms with Gasteiger partial charge in [0.1, 0.15) is 5.75 Å². The lowest BCUT2D eigenvalue weighted by Crippen LogP contribution is -2.12. The highest BCUT2D eigenvalue weighted by atomic mass is 16.7. The predicted molar refractivity (Wildman–Crippen MR) is 119 cm³/mol. The third-order valence-corrected chi connectivity index (χ3v) is 5.39. The van der Waals surface area contributed by atoms with Gasteiger partial charge in [-0.3, -0.25) is 4.98 Å². The summed E-state index contributed by atoms with van der Waals surface area (Å²) in [5, 5.41) is 13.0. The summed E-state index contributed by atoms with van der Waals surface area (Å²) in [6.07, 6.45) is 7.88. The van der Waals surface area contributed by atoms with E-state index in [0.29, 0.717) is 31.8 Å². The first-order valence-electron chi connectivity index (χ1n) is 10.2. The van der Waals surface area contributed by atoms with E-state index >= 15 is 0 Å². The Labute approximate surface area is 179 Å². The van der Waals surface area contributed by atoms with E-state index in [2.05, 4.69) is 16.0 Å². The van der Waals surface area contributed by atoms with Gasteiger partial charge < -0.3 is 19.2 Å². The summed E-state index contributed by atoms with van der Waals surface area (Å²) in [4.78, 5) is 7.44. The second-order valence-corrected chi connectivity index (χ2v) is 7.33. The van der Waals surface area contributed by atoms with E-state index in [-0.39, 0.29) is 6.29 Å². The first-order chi connectivity index (χ1) is 15.3. The normalized spacial score (nSPS) is 14.9. The zero-order chi connectivity index (χ0) is 21.0. The van der Waals surface area contributed by atoms with Crippen molar-refractivity contribution in [2.24, 2.45) is 0 Å². The summed E-state index contributed by atoms with van der Waals surface area (Å²) >= 11 is 0. The molecule has 0 unspecified atom stereocenters. The molecular formula is C25H21N3O3. The average molecular weight is 411 g/mol.